The van der Waals surface area contributed by atoms with Crippen molar-refractivity contribution in [2.24, 2.45) is 0 Å². The first-order chi connectivity index (χ1) is 21.7. The van der Waals surface area contributed by atoms with Gasteiger partial charge in [0.1, 0.15) is 11.5 Å². The highest BCUT2D eigenvalue weighted by Gasteiger charge is 2.21. The van der Waals surface area contributed by atoms with Gasteiger partial charge < -0.3 is 4.74 Å². The molecule has 5 aromatic carbocycles. The van der Waals surface area contributed by atoms with E-state index >= 15 is 0 Å². The minimum absolute atomic E-state index is 0.328. The molecule has 0 fully saturated rings. The maximum absolute atomic E-state index is 7.11. The Kier molecular flexibility index (Phi) is 9.74. The first kappa shape index (κ1) is 33.8. The molecule has 0 radical (unpaired) electrons. The van der Waals surface area contributed by atoms with Crippen LogP contribution in [0.5, 0.6) is 11.5 Å². The van der Waals surface area contributed by atoms with E-state index in [1.165, 1.54) is 71.6 Å². The number of ether oxygens (including phenoxy) is 1. The van der Waals surface area contributed by atoms with E-state index in [1.807, 2.05) is 0 Å². The third kappa shape index (κ3) is 6.62. The molecule has 0 aliphatic heterocycles. The summed E-state index contributed by atoms with van der Waals surface area (Å²) in [5.41, 5.74) is 11.9. The number of fused-ring (bicyclic) bond motifs is 2. The predicted octanol–water partition coefficient (Wildman–Crippen LogP) is 14.5. The second-order valence-corrected chi connectivity index (χ2v) is 15.5. The molecule has 0 bridgehead atoms. The zero-order chi connectivity index (χ0) is 33.6. The summed E-state index contributed by atoms with van der Waals surface area (Å²) < 4.78 is 7.11. The van der Waals surface area contributed by atoms with Gasteiger partial charge in [0.25, 0.3) is 0 Å². The van der Waals surface area contributed by atoms with Crippen LogP contribution in [0.3, 0.4) is 0 Å². The lowest BCUT2D eigenvalue weighted by Gasteiger charge is -2.23. The molecule has 0 heterocycles. The van der Waals surface area contributed by atoms with Gasteiger partial charge in [-0.05, 0) is 133 Å². The summed E-state index contributed by atoms with van der Waals surface area (Å²) in [5.74, 6) is 4.41. The molecule has 0 aliphatic rings. The number of benzene rings is 5. The molecule has 5 aromatic rings. The normalized spacial score (nSPS) is 12.3. The Hall–Kier alpha value is -3.58. The minimum Gasteiger partial charge on any atom is -0.456 e. The molecule has 0 amide bonds. The number of rotatable bonds is 9. The van der Waals surface area contributed by atoms with Crippen LogP contribution in [-0.2, 0) is 0 Å². The summed E-state index contributed by atoms with van der Waals surface area (Å²) in [6.07, 6.45) is 0. The molecule has 0 spiro atoms. The van der Waals surface area contributed by atoms with Crippen LogP contribution in [0.4, 0.5) is 0 Å². The highest BCUT2D eigenvalue weighted by Crippen LogP contribution is 2.44. The largest absolute Gasteiger partial charge is 0.456 e. The maximum atomic E-state index is 7.11. The highest BCUT2D eigenvalue weighted by molar-refractivity contribution is 5.94. The standard InChI is InChI=1S/C45H56O/c1-25(2)32-17-34-21-38(29(9)10)42(23-40(34)36(19-32)27(5)6)43-16-31(13)14-15-44(43)46-45-24-41-35(22-39(45)30(11)12)18-33(26(3)4)20-37(41)28(7)8/h14-30H,1-13H3. The van der Waals surface area contributed by atoms with Gasteiger partial charge >= 0.3 is 0 Å². The van der Waals surface area contributed by atoms with E-state index in [0.717, 1.165) is 11.5 Å². The van der Waals surface area contributed by atoms with Crippen LogP contribution >= 0.6 is 0 Å². The van der Waals surface area contributed by atoms with E-state index in [9.17, 15) is 0 Å². The quantitative estimate of drug-likeness (QED) is 0.161. The maximum Gasteiger partial charge on any atom is 0.135 e. The Morgan fingerprint density at radius 1 is 0.391 bits per heavy atom. The Labute approximate surface area is 279 Å². The smallest absolute Gasteiger partial charge is 0.135 e. The van der Waals surface area contributed by atoms with Crippen LogP contribution in [0.25, 0.3) is 32.7 Å². The molecule has 0 aromatic heterocycles. The lowest BCUT2D eigenvalue weighted by atomic mass is 9.84. The highest BCUT2D eigenvalue weighted by atomic mass is 16.5. The van der Waals surface area contributed by atoms with E-state index in [2.05, 4.69) is 157 Å². The van der Waals surface area contributed by atoms with Crippen molar-refractivity contribution in [3.63, 3.8) is 0 Å². The van der Waals surface area contributed by atoms with Crippen LogP contribution in [0.2, 0.25) is 0 Å². The van der Waals surface area contributed by atoms with Crippen molar-refractivity contribution in [1.29, 1.82) is 0 Å². The van der Waals surface area contributed by atoms with Crippen molar-refractivity contribution >= 4 is 21.5 Å². The zero-order valence-corrected chi connectivity index (χ0v) is 30.7. The van der Waals surface area contributed by atoms with E-state index < -0.39 is 0 Å². The van der Waals surface area contributed by atoms with Crippen molar-refractivity contribution < 1.29 is 4.74 Å². The Balaban J connectivity index is 1.76. The van der Waals surface area contributed by atoms with Gasteiger partial charge in [-0.2, -0.15) is 0 Å². The number of hydrogen-bond donors (Lipinski definition) is 0. The molecule has 0 atom stereocenters. The lowest BCUT2D eigenvalue weighted by molar-refractivity contribution is 0.475. The topological polar surface area (TPSA) is 9.23 Å². The van der Waals surface area contributed by atoms with Crippen LogP contribution in [-0.4, -0.2) is 0 Å². The summed E-state index contributed by atoms with van der Waals surface area (Å²) in [6, 6.07) is 26.0. The molecular formula is C45H56O. The predicted molar refractivity (Wildman–Crippen MR) is 203 cm³/mol. The SMILES string of the molecule is Cc1ccc(Oc2cc3c(C(C)C)cc(C(C)C)cc3cc2C(C)C)c(-c2cc3c(C(C)C)cc(C(C)C)cc3cc2C(C)C)c1. The summed E-state index contributed by atoms with van der Waals surface area (Å²) in [4.78, 5) is 0. The molecule has 1 heteroatoms. The van der Waals surface area contributed by atoms with Crippen LogP contribution in [0.1, 0.15) is 158 Å². The molecule has 0 N–H and O–H groups in total. The van der Waals surface area contributed by atoms with E-state index in [-0.39, 0.29) is 0 Å². The summed E-state index contributed by atoms with van der Waals surface area (Å²) >= 11 is 0. The molecular weight excluding hydrogens is 556 g/mol. The van der Waals surface area contributed by atoms with E-state index in [4.69, 9.17) is 4.74 Å². The fourth-order valence-electron chi connectivity index (χ4n) is 6.88. The van der Waals surface area contributed by atoms with Gasteiger partial charge in [-0.15, -0.1) is 0 Å². The van der Waals surface area contributed by atoms with E-state index in [0.29, 0.717) is 35.5 Å². The minimum atomic E-state index is 0.328. The van der Waals surface area contributed by atoms with Gasteiger partial charge in [0.2, 0.25) is 0 Å². The van der Waals surface area contributed by atoms with Gasteiger partial charge in [-0.3, -0.25) is 0 Å². The van der Waals surface area contributed by atoms with Crippen LogP contribution in [0.15, 0.2) is 66.7 Å². The monoisotopic (exact) mass is 612 g/mol. The second kappa shape index (κ2) is 13.3. The van der Waals surface area contributed by atoms with Crippen molar-refractivity contribution in [3.8, 4) is 22.6 Å². The molecule has 0 unspecified atom stereocenters. The van der Waals surface area contributed by atoms with Gasteiger partial charge in [0.05, 0.1) is 0 Å². The van der Waals surface area contributed by atoms with E-state index in [1.54, 1.807) is 0 Å². The molecule has 0 saturated carbocycles. The van der Waals surface area contributed by atoms with Gasteiger partial charge in [0.15, 0.2) is 0 Å². The Bertz CT molecular complexity index is 1880. The second-order valence-electron chi connectivity index (χ2n) is 15.5. The van der Waals surface area contributed by atoms with Crippen molar-refractivity contribution in [1.82, 2.24) is 0 Å². The fraction of sp³-hybridized carbons (Fsp3) is 0.422. The molecule has 46 heavy (non-hydrogen) atoms. The van der Waals surface area contributed by atoms with Crippen LogP contribution < -0.4 is 4.74 Å². The summed E-state index contributed by atoms with van der Waals surface area (Å²) in [7, 11) is 0. The van der Waals surface area contributed by atoms with Crippen molar-refractivity contribution in [2.75, 3.05) is 0 Å². The first-order valence-corrected chi connectivity index (χ1v) is 17.7. The average Bonchev–Trinajstić information content (AvgIpc) is 2.99. The zero-order valence-electron chi connectivity index (χ0n) is 30.7. The molecule has 242 valence electrons. The first-order valence-electron chi connectivity index (χ1n) is 17.7. The number of hydrogen-bond acceptors (Lipinski definition) is 1. The lowest BCUT2D eigenvalue weighted by Crippen LogP contribution is -2.01. The molecule has 1 nitrogen and oxygen atoms in total. The third-order valence-electron chi connectivity index (χ3n) is 9.78. The van der Waals surface area contributed by atoms with Gasteiger partial charge in [-0.25, -0.2) is 0 Å². The molecule has 5 rings (SSSR count). The molecule has 0 aliphatic carbocycles. The fourth-order valence-corrected chi connectivity index (χ4v) is 6.88. The Morgan fingerprint density at radius 3 is 1.35 bits per heavy atom. The van der Waals surface area contributed by atoms with Crippen molar-refractivity contribution in [3.05, 3.63) is 106 Å². The third-order valence-corrected chi connectivity index (χ3v) is 9.78. The summed E-state index contributed by atoms with van der Waals surface area (Å²) in [5, 5.41) is 5.30. The van der Waals surface area contributed by atoms with Crippen molar-refractivity contribution in [2.45, 2.75) is 126 Å². The van der Waals surface area contributed by atoms with Crippen LogP contribution in [0, 0.1) is 6.92 Å². The molecule has 0 saturated heterocycles. The number of aryl methyl sites for hydroxylation is 1. The average molecular weight is 613 g/mol. The Morgan fingerprint density at radius 2 is 0.870 bits per heavy atom. The summed E-state index contributed by atoms with van der Waals surface area (Å²) in [6.45, 7) is 29.8. The van der Waals surface area contributed by atoms with Gasteiger partial charge in [0, 0.05) is 5.56 Å². The van der Waals surface area contributed by atoms with Gasteiger partial charge in [-0.1, -0.05) is 125 Å².